The lowest BCUT2D eigenvalue weighted by Gasteiger charge is -2.14. The lowest BCUT2D eigenvalue weighted by molar-refractivity contribution is 0.343. The van der Waals surface area contributed by atoms with Crippen molar-refractivity contribution >= 4 is 0 Å². The SMILES string of the molecule is C=C1[C@H]2C=C[C@H]3C(=C)[C@@H]4C=C[C@H]1C4C23. The highest BCUT2D eigenvalue weighted by molar-refractivity contribution is 5.45. The maximum absolute atomic E-state index is 4.29. The van der Waals surface area contributed by atoms with Crippen LogP contribution in [0.2, 0.25) is 0 Å². The molecule has 2 unspecified atom stereocenters. The smallest absolute Gasteiger partial charge is 0.00206 e. The van der Waals surface area contributed by atoms with Gasteiger partial charge in [-0.05, 0) is 11.8 Å². The fraction of sp³-hybridized carbons (Fsp3) is 0.429. The largest absolute Gasteiger partial charge is 0.0986 e. The van der Waals surface area contributed by atoms with Crippen molar-refractivity contribution in [3.63, 3.8) is 0 Å². The van der Waals surface area contributed by atoms with Crippen molar-refractivity contribution in [2.24, 2.45) is 35.5 Å². The summed E-state index contributed by atoms with van der Waals surface area (Å²) in [7, 11) is 0. The topological polar surface area (TPSA) is 0 Å². The van der Waals surface area contributed by atoms with E-state index in [0.29, 0.717) is 23.7 Å². The van der Waals surface area contributed by atoms with Gasteiger partial charge in [0.05, 0.1) is 0 Å². The van der Waals surface area contributed by atoms with Crippen LogP contribution in [0.4, 0.5) is 0 Å². The van der Waals surface area contributed by atoms with Crippen LogP contribution < -0.4 is 0 Å². The van der Waals surface area contributed by atoms with E-state index in [4.69, 9.17) is 0 Å². The van der Waals surface area contributed by atoms with Crippen LogP contribution in [0, 0.1) is 35.5 Å². The molecule has 4 rings (SSSR count). The van der Waals surface area contributed by atoms with Gasteiger partial charge in [0, 0.05) is 23.7 Å². The second kappa shape index (κ2) is 1.98. The zero-order valence-corrected chi connectivity index (χ0v) is 8.19. The van der Waals surface area contributed by atoms with E-state index in [1.54, 1.807) is 0 Å². The molecular formula is C14H14. The quantitative estimate of drug-likeness (QED) is 0.505. The molecule has 0 aliphatic heterocycles. The van der Waals surface area contributed by atoms with Crippen LogP contribution in [0.5, 0.6) is 0 Å². The highest BCUT2D eigenvalue weighted by Crippen LogP contribution is 2.66. The van der Waals surface area contributed by atoms with E-state index < -0.39 is 0 Å². The summed E-state index contributed by atoms with van der Waals surface area (Å²) >= 11 is 0. The standard InChI is InChI=1S/C14H14/c1-7-9-3-5-11-8(2)12-6-4-10(7)14(12)13(9)11/h3-6,9-14H,1-2H2/t9-,10-,11+,12+,13?,14?. The molecular weight excluding hydrogens is 168 g/mol. The molecule has 4 aliphatic rings. The summed E-state index contributed by atoms with van der Waals surface area (Å²) in [5.41, 5.74) is 2.93. The summed E-state index contributed by atoms with van der Waals surface area (Å²) in [4.78, 5) is 0. The molecule has 0 heteroatoms. The van der Waals surface area contributed by atoms with Gasteiger partial charge < -0.3 is 0 Å². The number of rotatable bonds is 0. The molecule has 0 heterocycles. The minimum absolute atomic E-state index is 0.668. The second-order valence-corrected chi connectivity index (χ2v) is 5.18. The summed E-state index contributed by atoms with van der Waals surface area (Å²) in [5, 5.41) is 0. The third-order valence-corrected chi connectivity index (χ3v) is 4.87. The van der Waals surface area contributed by atoms with Crippen LogP contribution in [-0.4, -0.2) is 0 Å². The van der Waals surface area contributed by atoms with Gasteiger partial charge in [0.15, 0.2) is 0 Å². The Morgan fingerprint density at radius 2 is 0.929 bits per heavy atom. The van der Waals surface area contributed by atoms with Crippen molar-refractivity contribution in [2.45, 2.75) is 0 Å². The first-order valence-electron chi connectivity index (χ1n) is 5.53. The van der Waals surface area contributed by atoms with E-state index in [1.807, 2.05) is 0 Å². The monoisotopic (exact) mass is 182 g/mol. The Labute approximate surface area is 84.7 Å². The fourth-order valence-electron chi connectivity index (χ4n) is 4.32. The molecule has 0 N–H and O–H groups in total. The summed E-state index contributed by atoms with van der Waals surface area (Å²) in [5.74, 6) is 4.31. The zero-order valence-electron chi connectivity index (χ0n) is 8.19. The van der Waals surface area contributed by atoms with E-state index in [-0.39, 0.29) is 0 Å². The van der Waals surface area contributed by atoms with E-state index in [9.17, 15) is 0 Å². The van der Waals surface area contributed by atoms with E-state index in [0.717, 1.165) is 11.8 Å². The lowest BCUT2D eigenvalue weighted by atomic mass is 9.88. The Hall–Kier alpha value is -1.04. The van der Waals surface area contributed by atoms with Gasteiger partial charge in [-0.25, -0.2) is 0 Å². The van der Waals surface area contributed by atoms with Gasteiger partial charge in [0.25, 0.3) is 0 Å². The van der Waals surface area contributed by atoms with E-state index >= 15 is 0 Å². The summed E-state index contributed by atoms with van der Waals surface area (Å²) in [6, 6.07) is 0. The molecule has 0 saturated heterocycles. The highest BCUT2D eigenvalue weighted by atomic mass is 14.6. The van der Waals surface area contributed by atoms with Crippen LogP contribution >= 0.6 is 0 Å². The Bertz CT molecular complexity index is 338. The molecule has 0 aromatic carbocycles. The molecule has 0 aromatic rings. The molecule has 4 aliphatic carbocycles. The van der Waals surface area contributed by atoms with Crippen molar-refractivity contribution in [2.75, 3.05) is 0 Å². The molecule has 0 bridgehead atoms. The summed E-state index contributed by atoms with van der Waals surface area (Å²) in [6.07, 6.45) is 9.52. The first-order chi connectivity index (χ1) is 6.79. The van der Waals surface area contributed by atoms with Crippen LogP contribution in [0.1, 0.15) is 0 Å². The minimum atomic E-state index is 0.668. The van der Waals surface area contributed by atoms with Crippen LogP contribution in [0.15, 0.2) is 48.6 Å². The Morgan fingerprint density at radius 1 is 0.643 bits per heavy atom. The van der Waals surface area contributed by atoms with Crippen molar-refractivity contribution < 1.29 is 0 Å². The van der Waals surface area contributed by atoms with Crippen LogP contribution in [0.3, 0.4) is 0 Å². The average molecular weight is 182 g/mol. The summed E-state index contributed by atoms with van der Waals surface area (Å²) < 4.78 is 0. The third-order valence-electron chi connectivity index (χ3n) is 4.87. The van der Waals surface area contributed by atoms with Gasteiger partial charge in [0.1, 0.15) is 0 Å². The van der Waals surface area contributed by atoms with Gasteiger partial charge in [0.2, 0.25) is 0 Å². The molecule has 2 saturated carbocycles. The molecule has 2 fully saturated rings. The highest BCUT2D eigenvalue weighted by Gasteiger charge is 2.59. The average Bonchev–Trinajstić information content (AvgIpc) is 2.83. The van der Waals surface area contributed by atoms with Crippen molar-refractivity contribution in [1.29, 1.82) is 0 Å². The molecule has 0 amide bonds. The second-order valence-electron chi connectivity index (χ2n) is 5.18. The Morgan fingerprint density at radius 3 is 1.21 bits per heavy atom. The number of hydrogen-bond donors (Lipinski definition) is 0. The predicted octanol–water partition coefficient (Wildman–Crippen LogP) is 2.96. The van der Waals surface area contributed by atoms with Crippen LogP contribution in [0.25, 0.3) is 0 Å². The Balaban J connectivity index is 1.96. The maximum atomic E-state index is 4.29. The van der Waals surface area contributed by atoms with Gasteiger partial charge in [-0.15, -0.1) is 0 Å². The lowest BCUT2D eigenvalue weighted by Crippen LogP contribution is -2.12. The first kappa shape index (κ1) is 7.28. The van der Waals surface area contributed by atoms with Gasteiger partial charge >= 0.3 is 0 Å². The normalized spacial score (nSPS) is 56.3. The van der Waals surface area contributed by atoms with Gasteiger partial charge in [-0.2, -0.15) is 0 Å². The molecule has 70 valence electrons. The van der Waals surface area contributed by atoms with E-state index in [1.165, 1.54) is 11.1 Å². The fourth-order valence-corrected chi connectivity index (χ4v) is 4.32. The molecule has 6 atom stereocenters. The first-order valence-corrected chi connectivity index (χ1v) is 5.53. The molecule has 14 heavy (non-hydrogen) atoms. The van der Waals surface area contributed by atoms with Gasteiger partial charge in [-0.1, -0.05) is 48.6 Å². The number of hydrogen-bond acceptors (Lipinski definition) is 0. The molecule has 0 spiro atoms. The third kappa shape index (κ3) is 0.538. The molecule has 0 radical (unpaired) electrons. The predicted molar refractivity (Wildman–Crippen MR) is 57.5 cm³/mol. The maximum Gasteiger partial charge on any atom is 0.00206 e. The van der Waals surface area contributed by atoms with Gasteiger partial charge in [-0.3, -0.25) is 0 Å². The van der Waals surface area contributed by atoms with Crippen molar-refractivity contribution in [1.82, 2.24) is 0 Å². The summed E-state index contributed by atoms with van der Waals surface area (Å²) in [6.45, 7) is 8.57. The van der Waals surface area contributed by atoms with Crippen molar-refractivity contribution in [3.8, 4) is 0 Å². The Kier molecular flexibility index (Phi) is 1.03. The van der Waals surface area contributed by atoms with Crippen LogP contribution in [-0.2, 0) is 0 Å². The molecule has 0 aromatic heterocycles. The van der Waals surface area contributed by atoms with Crippen molar-refractivity contribution in [3.05, 3.63) is 48.6 Å². The van der Waals surface area contributed by atoms with E-state index in [2.05, 4.69) is 37.5 Å². The zero-order chi connectivity index (χ0) is 9.45. The number of allylic oxidation sites excluding steroid dienone is 6. The molecule has 0 nitrogen and oxygen atoms in total. The minimum Gasteiger partial charge on any atom is -0.0986 e.